The van der Waals surface area contributed by atoms with Gasteiger partial charge in [-0.3, -0.25) is 4.98 Å². The van der Waals surface area contributed by atoms with Crippen LogP contribution in [0.2, 0.25) is 0 Å². The maximum Gasteiger partial charge on any atom is 0.0794 e. The van der Waals surface area contributed by atoms with E-state index in [2.05, 4.69) is 29.0 Å². The van der Waals surface area contributed by atoms with Gasteiger partial charge in [-0.15, -0.1) is 11.3 Å². The van der Waals surface area contributed by atoms with Crippen molar-refractivity contribution in [2.75, 3.05) is 26.2 Å². The van der Waals surface area contributed by atoms with E-state index in [1.54, 1.807) is 11.3 Å². The predicted molar refractivity (Wildman–Crippen MR) is 73.4 cm³/mol. The number of nitrogens with one attached hydrogen (secondary N) is 1. The second-order valence-electron chi connectivity index (χ2n) is 4.91. The Morgan fingerprint density at radius 3 is 2.88 bits per heavy atom. The Bertz CT molecular complexity index is 304. The van der Waals surface area contributed by atoms with Gasteiger partial charge in [-0.05, 0) is 51.9 Å². The first-order valence-electron chi connectivity index (χ1n) is 6.63. The molecule has 3 nitrogen and oxygen atoms in total. The Labute approximate surface area is 108 Å². The molecule has 1 aromatic heterocycles. The summed E-state index contributed by atoms with van der Waals surface area (Å²) in [5, 5.41) is 3.64. The molecule has 1 aliphatic rings. The van der Waals surface area contributed by atoms with Crippen LogP contribution in [0.25, 0.3) is 0 Å². The molecule has 0 saturated carbocycles. The molecule has 1 saturated heterocycles. The lowest BCUT2D eigenvalue weighted by Gasteiger charge is -2.31. The van der Waals surface area contributed by atoms with Gasteiger partial charge in [-0.2, -0.15) is 0 Å². The van der Waals surface area contributed by atoms with E-state index in [-0.39, 0.29) is 0 Å². The molecule has 1 fully saturated rings. The zero-order valence-corrected chi connectivity index (χ0v) is 11.7. The minimum Gasteiger partial charge on any atom is -0.309 e. The van der Waals surface area contributed by atoms with E-state index < -0.39 is 0 Å². The maximum atomic E-state index is 4.13. The summed E-state index contributed by atoms with van der Waals surface area (Å²) in [5.41, 5.74) is 1.91. The quantitative estimate of drug-likeness (QED) is 0.874. The molecule has 0 radical (unpaired) electrons. The second kappa shape index (κ2) is 6.47. The summed E-state index contributed by atoms with van der Waals surface area (Å²) >= 11 is 1.74. The molecule has 0 aliphatic carbocycles. The van der Waals surface area contributed by atoms with Crippen LogP contribution in [0.3, 0.4) is 0 Å². The van der Waals surface area contributed by atoms with Crippen LogP contribution in [0.5, 0.6) is 0 Å². The van der Waals surface area contributed by atoms with Gasteiger partial charge in [0.05, 0.1) is 5.51 Å². The fourth-order valence-electron chi connectivity index (χ4n) is 2.39. The van der Waals surface area contributed by atoms with Crippen LogP contribution in [-0.4, -0.2) is 36.1 Å². The van der Waals surface area contributed by atoms with Crippen molar-refractivity contribution < 1.29 is 0 Å². The van der Waals surface area contributed by atoms with Gasteiger partial charge < -0.3 is 10.2 Å². The van der Waals surface area contributed by atoms with E-state index >= 15 is 0 Å². The van der Waals surface area contributed by atoms with Crippen molar-refractivity contribution in [3.63, 3.8) is 0 Å². The zero-order chi connectivity index (χ0) is 12.1. The number of likely N-dealkylation sites (tertiary alicyclic amines) is 1. The molecule has 0 spiro atoms. The van der Waals surface area contributed by atoms with Crippen molar-refractivity contribution in [1.82, 2.24) is 15.2 Å². The van der Waals surface area contributed by atoms with Crippen LogP contribution in [0.1, 0.15) is 37.6 Å². The molecule has 2 rings (SSSR count). The maximum absolute atomic E-state index is 4.13. The lowest BCUT2D eigenvalue weighted by Crippen LogP contribution is -2.37. The van der Waals surface area contributed by atoms with Gasteiger partial charge in [0.15, 0.2) is 0 Å². The standard InChI is InChI=1S/C13H23N3S/c1-3-16-6-4-12(5-7-16)8-15-11(2)13-9-14-10-17-13/h9-12,15H,3-8H2,1-2H3. The van der Waals surface area contributed by atoms with E-state index in [9.17, 15) is 0 Å². The van der Waals surface area contributed by atoms with Crippen molar-refractivity contribution in [2.45, 2.75) is 32.7 Å². The molecule has 96 valence electrons. The Kier molecular flexibility index (Phi) is 4.95. The third kappa shape index (κ3) is 3.76. The third-order valence-corrected chi connectivity index (χ3v) is 4.70. The Balaban J connectivity index is 1.69. The molecule has 1 aromatic rings. The van der Waals surface area contributed by atoms with E-state index in [1.807, 2.05) is 11.7 Å². The summed E-state index contributed by atoms with van der Waals surface area (Å²) in [6.07, 6.45) is 4.66. The number of aromatic nitrogens is 1. The number of hydrogen-bond acceptors (Lipinski definition) is 4. The molecule has 1 aliphatic heterocycles. The van der Waals surface area contributed by atoms with Gasteiger partial charge in [0.2, 0.25) is 0 Å². The molecule has 4 heteroatoms. The average molecular weight is 253 g/mol. The van der Waals surface area contributed by atoms with Crippen molar-refractivity contribution in [3.8, 4) is 0 Å². The predicted octanol–water partition coefficient (Wildman–Crippen LogP) is 2.53. The van der Waals surface area contributed by atoms with Crippen molar-refractivity contribution in [3.05, 3.63) is 16.6 Å². The van der Waals surface area contributed by atoms with E-state index in [1.165, 1.54) is 37.4 Å². The minimum atomic E-state index is 0.451. The molecular formula is C13H23N3S. The van der Waals surface area contributed by atoms with Gasteiger partial charge >= 0.3 is 0 Å². The minimum absolute atomic E-state index is 0.451. The lowest BCUT2D eigenvalue weighted by molar-refractivity contribution is 0.188. The molecule has 0 aromatic carbocycles. The number of rotatable bonds is 5. The monoisotopic (exact) mass is 253 g/mol. The highest BCUT2D eigenvalue weighted by Gasteiger charge is 2.18. The van der Waals surface area contributed by atoms with Gasteiger partial charge in [0, 0.05) is 17.1 Å². The Morgan fingerprint density at radius 1 is 1.53 bits per heavy atom. The topological polar surface area (TPSA) is 28.2 Å². The number of piperidine rings is 1. The van der Waals surface area contributed by atoms with Crippen LogP contribution in [0.15, 0.2) is 11.7 Å². The van der Waals surface area contributed by atoms with Crippen LogP contribution in [0.4, 0.5) is 0 Å². The summed E-state index contributed by atoms with van der Waals surface area (Å²) in [6, 6.07) is 0.451. The summed E-state index contributed by atoms with van der Waals surface area (Å²) in [6.45, 7) is 9.39. The highest BCUT2D eigenvalue weighted by Crippen LogP contribution is 2.19. The van der Waals surface area contributed by atoms with Crippen molar-refractivity contribution >= 4 is 11.3 Å². The SMILES string of the molecule is CCN1CCC(CNC(C)c2cncs2)CC1. The van der Waals surface area contributed by atoms with Gasteiger partial charge in [-0.1, -0.05) is 6.92 Å². The van der Waals surface area contributed by atoms with Crippen molar-refractivity contribution in [2.24, 2.45) is 5.92 Å². The van der Waals surface area contributed by atoms with E-state index in [4.69, 9.17) is 0 Å². The molecule has 0 bridgehead atoms. The molecule has 0 amide bonds. The number of thiazole rings is 1. The Hall–Kier alpha value is -0.450. The highest BCUT2D eigenvalue weighted by molar-refractivity contribution is 7.09. The van der Waals surface area contributed by atoms with Crippen LogP contribution < -0.4 is 5.32 Å². The first-order chi connectivity index (χ1) is 8.29. The van der Waals surface area contributed by atoms with E-state index in [0.29, 0.717) is 6.04 Å². The molecule has 17 heavy (non-hydrogen) atoms. The summed E-state index contributed by atoms with van der Waals surface area (Å²) in [4.78, 5) is 8.02. The van der Waals surface area contributed by atoms with Crippen LogP contribution in [0, 0.1) is 5.92 Å². The zero-order valence-electron chi connectivity index (χ0n) is 10.9. The Morgan fingerprint density at radius 2 is 2.29 bits per heavy atom. The second-order valence-corrected chi connectivity index (χ2v) is 5.83. The fourth-order valence-corrected chi connectivity index (χ4v) is 3.04. The smallest absolute Gasteiger partial charge is 0.0794 e. The third-order valence-electron chi connectivity index (χ3n) is 3.75. The summed E-state index contributed by atoms with van der Waals surface area (Å²) in [7, 11) is 0. The molecule has 1 unspecified atom stereocenters. The van der Waals surface area contributed by atoms with Gasteiger partial charge in [-0.25, -0.2) is 0 Å². The molecule has 1 atom stereocenters. The van der Waals surface area contributed by atoms with Crippen molar-refractivity contribution in [1.29, 1.82) is 0 Å². The average Bonchev–Trinajstić information content (AvgIpc) is 2.90. The first-order valence-corrected chi connectivity index (χ1v) is 7.51. The van der Waals surface area contributed by atoms with E-state index in [0.717, 1.165) is 12.5 Å². The number of hydrogen-bond donors (Lipinski definition) is 1. The van der Waals surface area contributed by atoms with Crippen LogP contribution in [-0.2, 0) is 0 Å². The highest BCUT2D eigenvalue weighted by atomic mass is 32.1. The molecule has 2 heterocycles. The summed E-state index contributed by atoms with van der Waals surface area (Å²) < 4.78 is 0. The lowest BCUT2D eigenvalue weighted by atomic mass is 9.96. The van der Waals surface area contributed by atoms with Crippen LogP contribution >= 0.6 is 11.3 Å². The first kappa shape index (κ1) is 13.0. The largest absolute Gasteiger partial charge is 0.309 e. The summed E-state index contributed by atoms with van der Waals surface area (Å²) in [5.74, 6) is 0.855. The normalized spacial score (nSPS) is 20.6. The molecule has 1 N–H and O–H groups in total. The van der Waals surface area contributed by atoms with Gasteiger partial charge in [0.1, 0.15) is 0 Å². The van der Waals surface area contributed by atoms with Gasteiger partial charge in [0.25, 0.3) is 0 Å². The fraction of sp³-hybridized carbons (Fsp3) is 0.769. The molecular weight excluding hydrogens is 230 g/mol. The number of nitrogens with zero attached hydrogens (tertiary/aromatic N) is 2.